The van der Waals surface area contributed by atoms with E-state index in [9.17, 15) is 0 Å². The van der Waals surface area contributed by atoms with Crippen LogP contribution in [0.3, 0.4) is 0 Å². The number of allylic oxidation sites excluding steroid dienone is 2. The molecule has 0 N–H and O–H groups in total. The molecule has 0 fully saturated rings. The van der Waals surface area contributed by atoms with E-state index in [0.29, 0.717) is 0 Å². The van der Waals surface area contributed by atoms with E-state index in [4.69, 9.17) is 0 Å². The van der Waals surface area contributed by atoms with E-state index in [1.54, 1.807) is 21.5 Å². The molecule has 29 heavy (non-hydrogen) atoms. The lowest BCUT2D eigenvalue weighted by Crippen LogP contribution is -2.56. The average Bonchev–Trinajstić information content (AvgIpc) is 3.27. The van der Waals surface area contributed by atoms with Crippen LogP contribution in [0.25, 0.3) is 12.2 Å². The molecule has 0 aromatic heterocycles. The first-order valence-corrected chi connectivity index (χ1v) is 14.1. The molecule has 2 aliphatic carbocycles. The second kappa shape index (κ2) is 6.57. The fourth-order valence-corrected chi connectivity index (χ4v) is 8.64. The smallest absolute Gasteiger partial charge is 0.0795 e. The molecule has 1 heteroatoms. The summed E-state index contributed by atoms with van der Waals surface area (Å²) < 4.78 is 0. The minimum absolute atomic E-state index is 0.183. The third kappa shape index (κ3) is 3.28. The van der Waals surface area contributed by atoms with Crippen LogP contribution in [0.4, 0.5) is 0 Å². The standard InChI is InChI=1S/C28H36Si/c1-27(2,3)23-15-17-25(21-13-9-11-19(21)23)29(7,8)26-18-16-24(28(4,5)6)20-12-10-14-22(20)26/h9-12,15-18H,13-14H2,1-8H3. The Morgan fingerprint density at radius 2 is 1.00 bits per heavy atom. The van der Waals surface area contributed by atoms with Crippen molar-refractivity contribution in [1.82, 2.24) is 0 Å². The predicted octanol–water partition coefficient (Wildman–Crippen LogP) is 6.24. The fraction of sp³-hybridized carbons (Fsp3) is 0.429. The van der Waals surface area contributed by atoms with Gasteiger partial charge in [-0.25, -0.2) is 0 Å². The van der Waals surface area contributed by atoms with Crippen molar-refractivity contribution in [2.75, 3.05) is 0 Å². The highest BCUT2D eigenvalue weighted by molar-refractivity contribution is 7.01. The number of fused-ring (bicyclic) bond motifs is 2. The predicted molar refractivity (Wildman–Crippen MR) is 133 cm³/mol. The number of benzene rings is 2. The van der Waals surface area contributed by atoms with E-state index in [1.807, 2.05) is 0 Å². The quantitative estimate of drug-likeness (QED) is 0.523. The molecule has 0 heterocycles. The lowest BCUT2D eigenvalue weighted by atomic mass is 9.83. The van der Waals surface area contributed by atoms with Crippen molar-refractivity contribution in [2.24, 2.45) is 0 Å². The average molecular weight is 401 g/mol. The van der Waals surface area contributed by atoms with Crippen molar-refractivity contribution < 1.29 is 0 Å². The van der Waals surface area contributed by atoms with Gasteiger partial charge in [0.25, 0.3) is 0 Å². The van der Waals surface area contributed by atoms with Crippen LogP contribution in [0.5, 0.6) is 0 Å². The van der Waals surface area contributed by atoms with E-state index < -0.39 is 8.07 Å². The molecule has 152 valence electrons. The summed E-state index contributed by atoms with van der Waals surface area (Å²) in [4.78, 5) is 0. The Morgan fingerprint density at radius 3 is 1.34 bits per heavy atom. The lowest BCUT2D eigenvalue weighted by molar-refractivity contribution is 0.588. The molecule has 0 bridgehead atoms. The largest absolute Gasteiger partial charge is 0.113 e. The van der Waals surface area contributed by atoms with Crippen LogP contribution in [-0.2, 0) is 23.7 Å². The van der Waals surface area contributed by atoms with Crippen LogP contribution in [0, 0.1) is 0 Å². The lowest BCUT2D eigenvalue weighted by Gasteiger charge is -2.32. The van der Waals surface area contributed by atoms with Gasteiger partial charge in [0, 0.05) is 0 Å². The first-order valence-electron chi connectivity index (χ1n) is 11.1. The zero-order chi connectivity index (χ0) is 21.2. The second-order valence-electron chi connectivity index (χ2n) is 11.4. The van der Waals surface area contributed by atoms with Gasteiger partial charge in [-0.05, 0) is 57.1 Å². The molecule has 0 saturated carbocycles. The molecular weight excluding hydrogens is 364 g/mol. The van der Waals surface area contributed by atoms with Crippen LogP contribution in [0.2, 0.25) is 13.1 Å². The Kier molecular flexibility index (Phi) is 4.62. The van der Waals surface area contributed by atoms with E-state index in [2.05, 4.69) is 103 Å². The van der Waals surface area contributed by atoms with Crippen LogP contribution in [0.1, 0.15) is 74.9 Å². The van der Waals surface area contributed by atoms with E-state index >= 15 is 0 Å². The minimum atomic E-state index is -1.81. The Bertz CT molecular complexity index is 950. The minimum Gasteiger partial charge on any atom is -0.0795 e. The molecule has 2 aliphatic rings. The molecule has 0 radical (unpaired) electrons. The summed E-state index contributed by atoms with van der Waals surface area (Å²) in [6.07, 6.45) is 11.7. The van der Waals surface area contributed by atoms with Crippen molar-refractivity contribution in [3.05, 3.63) is 69.8 Å². The molecular formula is C28H36Si. The van der Waals surface area contributed by atoms with E-state index in [1.165, 1.54) is 22.3 Å². The Labute approximate surface area is 178 Å². The summed E-state index contributed by atoms with van der Waals surface area (Å²) in [5.41, 5.74) is 9.52. The Balaban J connectivity index is 1.89. The summed E-state index contributed by atoms with van der Waals surface area (Å²) in [6.45, 7) is 19.1. The normalized spacial score (nSPS) is 15.7. The molecule has 0 atom stereocenters. The summed E-state index contributed by atoms with van der Waals surface area (Å²) in [7, 11) is -1.81. The van der Waals surface area contributed by atoms with E-state index in [-0.39, 0.29) is 10.8 Å². The van der Waals surface area contributed by atoms with Crippen molar-refractivity contribution in [3.8, 4) is 0 Å². The van der Waals surface area contributed by atoms with Gasteiger partial charge in [-0.3, -0.25) is 0 Å². The molecule has 0 spiro atoms. The SMILES string of the molecule is CC(C)(C)c1ccc([Si](C)(C)c2ccc(C(C)(C)C)c3c2CC=C3)c2c1C=CC2. The molecule has 0 nitrogen and oxygen atoms in total. The van der Waals surface area contributed by atoms with Crippen LogP contribution in [-0.4, -0.2) is 8.07 Å². The monoisotopic (exact) mass is 400 g/mol. The second-order valence-corrected chi connectivity index (χ2v) is 15.8. The topological polar surface area (TPSA) is 0 Å². The van der Waals surface area contributed by atoms with Gasteiger partial charge in [0.05, 0.1) is 0 Å². The highest BCUT2D eigenvalue weighted by Gasteiger charge is 2.35. The van der Waals surface area contributed by atoms with Gasteiger partial charge in [-0.2, -0.15) is 0 Å². The molecule has 0 amide bonds. The van der Waals surface area contributed by atoms with E-state index in [0.717, 1.165) is 12.8 Å². The van der Waals surface area contributed by atoms with Gasteiger partial charge < -0.3 is 0 Å². The van der Waals surface area contributed by atoms with Gasteiger partial charge in [-0.1, -0.05) is 114 Å². The Hall–Kier alpha value is -1.86. The molecule has 4 rings (SSSR count). The Morgan fingerprint density at radius 1 is 0.621 bits per heavy atom. The summed E-state index contributed by atoms with van der Waals surface area (Å²) in [5.74, 6) is 0. The molecule has 0 saturated heterocycles. The zero-order valence-electron chi connectivity index (χ0n) is 19.5. The summed E-state index contributed by atoms with van der Waals surface area (Å²) in [6, 6.07) is 9.79. The van der Waals surface area contributed by atoms with Gasteiger partial charge in [-0.15, -0.1) is 0 Å². The van der Waals surface area contributed by atoms with Crippen LogP contribution < -0.4 is 10.4 Å². The third-order valence-corrected chi connectivity index (χ3v) is 10.5. The maximum atomic E-state index is 2.56. The number of hydrogen-bond donors (Lipinski definition) is 0. The number of hydrogen-bond acceptors (Lipinski definition) is 0. The number of rotatable bonds is 2. The first kappa shape index (κ1) is 20.4. The van der Waals surface area contributed by atoms with Crippen molar-refractivity contribution in [3.63, 3.8) is 0 Å². The van der Waals surface area contributed by atoms with Crippen LogP contribution in [0.15, 0.2) is 36.4 Å². The van der Waals surface area contributed by atoms with Gasteiger partial charge >= 0.3 is 0 Å². The summed E-state index contributed by atoms with van der Waals surface area (Å²) in [5, 5.41) is 3.26. The maximum Gasteiger partial charge on any atom is 0.113 e. The highest BCUT2D eigenvalue weighted by Crippen LogP contribution is 2.35. The molecule has 2 aromatic rings. The van der Waals surface area contributed by atoms with Gasteiger partial charge in [0.1, 0.15) is 8.07 Å². The first-order chi connectivity index (χ1) is 13.4. The van der Waals surface area contributed by atoms with Crippen molar-refractivity contribution >= 4 is 30.6 Å². The highest BCUT2D eigenvalue weighted by atomic mass is 28.3. The van der Waals surface area contributed by atoms with Crippen LogP contribution >= 0.6 is 0 Å². The van der Waals surface area contributed by atoms with Crippen molar-refractivity contribution in [1.29, 1.82) is 0 Å². The van der Waals surface area contributed by atoms with Gasteiger partial charge in [0.2, 0.25) is 0 Å². The molecule has 0 aliphatic heterocycles. The third-order valence-electron chi connectivity index (χ3n) is 6.89. The molecule has 0 unspecified atom stereocenters. The maximum absolute atomic E-state index is 2.56. The zero-order valence-corrected chi connectivity index (χ0v) is 20.5. The fourth-order valence-electron chi connectivity index (χ4n) is 5.36. The van der Waals surface area contributed by atoms with Crippen molar-refractivity contribution in [2.45, 2.75) is 78.3 Å². The summed E-state index contributed by atoms with van der Waals surface area (Å²) >= 11 is 0. The van der Waals surface area contributed by atoms with Gasteiger partial charge in [0.15, 0.2) is 0 Å². The molecule has 2 aromatic carbocycles.